The third-order valence-corrected chi connectivity index (χ3v) is 5.24. The van der Waals surface area contributed by atoms with E-state index in [4.69, 9.17) is 16.3 Å². The minimum absolute atomic E-state index is 0.0378. The summed E-state index contributed by atoms with van der Waals surface area (Å²) in [6, 6.07) is 14.7. The molecule has 0 fully saturated rings. The van der Waals surface area contributed by atoms with Gasteiger partial charge in [-0.2, -0.15) is 0 Å². The van der Waals surface area contributed by atoms with E-state index in [0.29, 0.717) is 22.0 Å². The molecule has 0 aromatic heterocycles. The SMILES string of the molecule is COc1ccc(Cl)cc1NC1=C(c2ccc(C)cc2)C(=O)N(c2ccc(F)c(F)c2)C1=O. The van der Waals surface area contributed by atoms with Crippen molar-refractivity contribution in [2.24, 2.45) is 0 Å². The molecule has 0 spiro atoms. The highest BCUT2D eigenvalue weighted by atomic mass is 35.5. The van der Waals surface area contributed by atoms with Crippen LogP contribution < -0.4 is 15.0 Å². The number of benzene rings is 3. The lowest BCUT2D eigenvalue weighted by molar-refractivity contribution is -0.120. The third kappa shape index (κ3) is 3.83. The van der Waals surface area contributed by atoms with Crippen molar-refractivity contribution in [3.8, 4) is 5.75 Å². The maximum absolute atomic E-state index is 13.9. The van der Waals surface area contributed by atoms with Gasteiger partial charge in [-0.05, 0) is 42.8 Å². The Kier molecular flexibility index (Phi) is 5.67. The van der Waals surface area contributed by atoms with E-state index in [9.17, 15) is 18.4 Å². The van der Waals surface area contributed by atoms with Gasteiger partial charge in [-0.25, -0.2) is 13.7 Å². The van der Waals surface area contributed by atoms with E-state index in [1.807, 2.05) is 6.92 Å². The highest BCUT2D eigenvalue weighted by Gasteiger charge is 2.40. The minimum Gasteiger partial charge on any atom is -0.495 e. The quantitative estimate of drug-likeness (QED) is 0.529. The molecule has 32 heavy (non-hydrogen) atoms. The lowest BCUT2D eigenvalue weighted by Gasteiger charge is -2.16. The van der Waals surface area contributed by atoms with E-state index in [1.54, 1.807) is 42.5 Å². The molecule has 0 saturated heterocycles. The van der Waals surface area contributed by atoms with E-state index in [1.165, 1.54) is 13.2 Å². The first-order valence-electron chi connectivity index (χ1n) is 9.56. The molecule has 3 aromatic rings. The van der Waals surface area contributed by atoms with Crippen molar-refractivity contribution in [3.05, 3.63) is 94.1 Å². The number of aryl methyl sites for hydroxylation is 1. The number of hydrogen-bond acceptors (Lipinski definition) is 4. The smallest absolute Gasteiger partial charge is 0.282 e. The number of methoxy groups -OCH3 is 1. The fraction of sp³-hybridized carbons (Fsp3) is 0.0833. The van der Waals surface area contributed by atoms with Crippen molar-refractivity contribution in [1.82, 2.24) is 0 Å². The molecule has 1 N–H and O–H groups in total. The number of nitrogens with one attached hydrogen (secondary N) is 1. The van der Waals surface area contributed by atoms with Crippen LogP contribution >= 0.6 is 11.6 Å². The van der Waals surface area contributed by atoms with Gasteiger partial charge in [-0.3, -0.25) is 9.59 Å². The van der Waals surface area contributed by atoms with E-state index in [0.717, 1.165) is 22.6 Å². The van der Waals surface area contributed by atoms with E-state index >= 15 is 0 Å². The number of carbonyl (C=O) groups is 2. The lowest BCUT2D eigenvalue weighted by atomic mass is 10.0. The standard InChI is InChI=1S/C24H17ClF2N2O3/c1-13-3-5-14(6-4-13)21-22(28-19-11-15(25)7-10-20(19)32-2)24(31)29(23(21)30)16-8-9-17(26)18(27)12-16/h3-12,28H,1-2H3. The van der Waals surface area contributed by atoms with Crippen LogP contribution in [0.2, 0.25) is 5.02 Å². The average molecular weight is 455 g/mol. The summed E-state index contributed by atoms with van der Waals surface area (Å²) >= 11 is 6.10. The second-order valence-electron chi connectivity index (χ2n) is 7.13. The number of nitrogens with zero attached hydrogens (tertiary/aromatic N) is 1. The van der Waals surface area contributed by atoms with Crippen LogP contribution in [0.4, 0.5) is 20.2 Å². The zero-order valence-electron chi connectivity index (χ0n) is 17.1. The topological polar surface area (TPSA) is 58.6 Å². The van der Waals surface area contributed by atoms with Gasteiger partial charge in [-0.1, -0.05) is 41.4 Å². The number of amides is 2. The van der Waals surface area contributed by atoms with Gasteiger partial charge in [-0.15, -0.1) is 0 Å². The normalized spacial score (nSPS) is 13.7. The number of anilines is 2. The van der Waals surface area contributed by atoms with Gasteiger partial charge >= 0.3 is 0 Å². The largest absolute Gasteiger partial charge is 0.495 e. The summed E-state index contributed by atoms with van der Waals surface area (Å²) in [4.78, 5) is 27.5. The van der Waals surface area contributed by atoms with Gasteiger partial charge in [0.1, 0.15) is 11.4 Å². The molecule has 0 aliphatic carbocycles. The van der Waals surface area contributed by atoms with Gasteiger partial charge in [0.25, 0.3) is 11.8 Å². The van der Waals surface area contributed by atoms with E-state index < -0.39 is 23.4 Å². The Labute approximate surface area is 187 Å². The predicted octanol–water partition coefficient (Wildman–Crippen LogP) is 5.33. The van der Waals surface area contributed by atoms with Crippen molar-refractivity contribution < 1.29 is 23.1 Å². The van der Waals surface area contributed by atoms with E-state index in [-0.39, 0.29) is 17.0 Å². The van der Waals surface area contributed by atoms with Gasteiger partial charge in [0.15, 0.2) is 11.6 Å². The molecule has 162 valence electrons. The highest BCUT2D eigenvalue weighted by molar-refractivity contribution is 6.46. The first kappa shape index (κ1) is 21.5. The molecule has 0 unspecified atom stereocenters. The Bertz CT molecular complexity index is 1270. The zero-order chi connectivity index (χ0) is 23.0. The van der Waals surface area contributed by atoms with Gasteiger partial charge in [0, 0.05) is 11.1 Å². The third-order valence-electron chi connectivity index (χ3n) is 5.01. The summed E-state index contributed by atoms with van der Waals surface area (Å²) in [5.41, 5.74) is 1.79. The fourth-order valence-electron chi connectivity index (χ4n) is 3.40. The Morgan fingerprint density at radius 3 is 2.28 bits per heavy atom. The molecule has 0 saturated carbocycles. The van der Waals surface area contributed by atoms with Gasteiger partial charge in [0.05, 0.1) is 24.1 Å². The van der Waals surface area contributed by atoms with Gasteiger partial charge in [0.2, 0.25) is 0 Å². The average Bonchev–Trinajstić information content (AvgIpc) is 3.00. The van der Waals surface area contributed by atoms with Crippen molar-refractivity contribution in [3.63, 3.8) is 0 Å². The molecule has 1 aliphatic rings. The van der Waals surface area contributed by atoms with Crippen LogP contribution in [0.15, 0.2) is 66.4 Å². The Morgan fingerprint density at radius 1 is 0.906 bits per heavy atom. The number of hydrogen-bond donors (Lipinski definition) is 1. The molecule has 0 radical (unpaired) electrons. The summed E-state index contributed by atoms with van der Waals surface area (Å²) < 4.78 is 32.6. The highest BCUT2D eigenvalue weighted by Crippen LogP contribution is 2.36. The first-order chi connectivity index (χ1) is 15.3. The van der Waals surface area contributed by atoms with Crippen LogP contribution in [0.3, 0.4) is 0 Å². The summed E-state index contributed by atoms with van der Waals surface area (Å²) in [5, 5.41) is 3.35. The van der Waals surface area contributed by atoms with Crippen molar-refractivity contribution >= 4 is 40.4 Å². The van der Waals surface area contributed by atoms with Crippen LogP contribution in [-0.4, -0.2) is 18.9 Å². The fourth-order valence-corrected chi connectivity index (χ4v) is 3.58. The second-order valence-corrected chi connectivity index (χ2v) is 7.57. The molecule has 1 aliphatic heterocycles. The lowest BCUT2D eigenvalue weighted by Crippen LogP contribution is -2.32. The summed E-state index contributed by atoms with van der Waals surface area (Å²) in [6.45, 7) is 1.89. The van der Waals surface area contributed by atoms with E-state index in [2.05, 4.69) is 5.32 Å². The maximum atomic E-state index is 13.9. The molecular weight excluding hydrogens is 438 g/mol. The Hall–Kier alpha value is -3.71. The Balaban J connectivity index is 1.86. The van der Waals surface area contributed by atoms with Crippen LogP contribution in [0.5, 0.6) is 5.75 Å². The molecule has 2 amide bonds. The first-order valence-corrected chi connectivity index (χ1v) is 9.93. The Morgan fingerprint density at radius 2 is 1.62 bits per heavy atom. The number of rotatable bonds is 5. The molecule has 0 atom stereocenters. The molecule has 1 heterocycles. The number of halogens is 3. The molecule has 4 rings (SSSR count). The predicted molar refractivity (Wildman–Crippen MR) is 119 cm³/mol. The number of imide groups is 1. The number of carbonyl (C=O) groups excluding carboxylic acids is 2. The van der Waals surface area contributed by atoms with Crippen LogP contribution in [0.1, 0.15) is 11.1 Å². The summed E-state index contributed by atoms with van der Waals surface area (Å²) in [6.07, 6.45) is 0. The van der Waals surface area contributed by atoms with Crippen LogP contribution in [-0.2, 0) is 9.59 Å². The van der Waals surface area contributed by atoms with Crippen molar-refractivity contribution in [1.29, 1.82) is 0 Å². The van der Waals surface area contributed by atoms with Crippen molar-refractivity contribution in [2.75, 3.05) is 17.3 Å². The second kappa shape index (κ2) is 8.43. The maximum Gasteiger partial charge on any atom is 0.282 e. The number of ether oxygens (including phenoxy) is 1. The van der Waals surface area contributed by atoms with Crippen LogP contribution in [0.25, 0.3) is 5.57 Å². The summed E-state index contributed by atoms with van der Waals surface area (Å²) in [5.74, 6) is -3.25. The summed E-state index contributed by atoms with van der Waals surface area (Å²) in [7, 11) is 1.46. The van der Waals surface area contributed by atoms with Gasteiger partial charge < -0.3 is 10.1 Å². The molecule has 3 aromatic carbocycles. The molecule has 8 heteroatoms. The monoisotopic (exact) mass is 454 g/mol. The zero-order valence-corrected chi connectivity index (χ0v) is 17.8. The molecule has 5 nitrogen and oxygen atoms in total. The van der Waals surface area contributed by atoms with Crippen molar-refractivity contribution in [2.45, 2.75) is 6.92 Å². The minimum atomic E-state index is -1.17. The molecular formula is C24H17ClF2N2O3. The molecule has 0 bridgehead atoms. The van der Waals surface area contributed by atoms with Crippen LogP contribution in [0, 0.1) is 18.6 Å².